The summed E-state index contributed by atoms with van der Waals surface area (Å²) in [4.78, 5) is 15.7. The summed E-state index contributed by atoms with van der Waals surface area (Å²) in [5.74, 6) is 0.449. The molecule has 0 aliphatic heterocycles. The molecule has 0 aliphatic carbocycles. The summed E-state index contributed by atoms with van der Waals surface area (Å²) in [7, 11) is 0. The van der Waals surface area contributed by atoms with Gasteiger partial charge in [-0.2, -0.15) is 0 Å². The Labute approximate surface area is 142 Å². The maximum atomic E-state index is 12.8. The lowest BCUT2D eigenvalue weighted by Gasteiger charge is -2.11. The zero-order valence-corrected chi connectivity index (χ0v) is 13.6. The number of pyridine rings is 1. The summed E-state index contributed by atoms with van der Waals surface area (Å²) < 4.78 is 5.37. The van der Waals surface area contributed by atoms with E-state index in [9.17, 15) is 4.79 Å². The molecule has 4 rings (SSSR count). The Bertz CT molecular complexity index is 1100. The van der Waals surface area contributed by atoms with Gasteiger partial charge in [-0.3, -0.25) is 4.79 Å². The number of H-pyrrole nitrogens is 1. The van der Waals surface area contributed by atoms with Gasteiger partial charge >= 0.3 is 0 Å². The van der Waals surface area contributed by atoms with Gasteiger partial charge in [0.15, 0.2) is 5.76 Å². The third-order valence-electron chi connectivity index (χ3n) is 3.91. The van der Waals surface area contributed by atoms with Gasteiger partial charge in [-0.1, -0.05) is 53.2 Å². The smallest absolute Gasteiger partial charge is 0.260 e. The van der Waals surface area contributed by atoms with Crippen LogP contribution in [-0.2, 0) is 0 Å². The average molecular weight is 337 g/mol. The van der Waals surface area contributed by atoms with Gasteiger partial charge in [-0.15, -0.1) is 0 Å². The number of hydrogen-bond acceptors (Lipinski definition) is 3. The maximum absolute atomic E-state index is 12.8. The van der Waals surface area contributed by atoms with Crippen LogP contribution in [0.3, 0.4) is 0 Å². The lowest BCUT2D eigenvalue weighted by Crippen LogP contribution is -2.11. The van der Waals surface area contributed by atoms with Crippen molar-refractivity contribution >= 4 is 22.5 Å². The zero-order valence-electron chi connectivity index (χ0n) is 12.8. The molecule has 0 radical (unpaired) electrons. The molecule has 2 aromatic heterocycles. The van der Waals surface area contributed by atoms with E-state index in [1.807, 2.05) is 49.4 Å². The second-order valence-corrected chi connectivity index (χ2v) is 6.03. The van der Waals surface area contributed by atoms with Gasteiger partial charge in [0.2, 0.25) is 0 Å². The number of nitrogens with one attached hydrogen (secondary N) is 1. The van der Waals surface area contributed by atoms with E-state index in [0.717, 1.165) is 22.2 Å². The Morgan fingerprint density at radius 3 is 2.54 bits per heavy atom. The van der Waals surface area contributed by atoms with Crippen LogP contribution >= 0.6 is 11.6 Å². The average Bonchev–Trinajstić information content (AvgIpc) is 3.00. The van der Waals surface area contributed by atoms with Crippen LogP contribution in [0.15, 0.2) is 63.9 Å². The first-order valence-electron chi connectivity index (χ1n) is 7.48. The van der Waals surface area contributed by atoms with Gasteiger partial charge in [0, 0.05) is 22.0 Å². The predicted molar refractivity (Wildman–Crippen MR) is 95.2 cm³/mol. The molecule has 0 spiro atoms. The lowest BCUT2D eigenvalue weighted by atomic mass is 9.95. The first-order valence-corrected chi connectivity index (χ1v) is 7.86. The number of halogens is 1. The van der Waals surface area contributed by atoms with Gasteiger partial charge in [0.05, 0.1) is 16.8 Å². The molecule has 5 heteroatoms. The normalized spacial score (nSPS) is 11.1. The molecule has 24 heavy (non-hydrogen) atoms. The van der Waals surface area contributed by atoms with Crippen LogP contribution < -0.4 is 5.56 Å². The van der Waals surface area contributed by atoms with E-state index in [1.54, 1.807) is 12.1 Å². The second-order valence-electron chi connectivity index (χ2n) is 5.59. The molecule has 0 unspecified atom stereocenters. The Morgan fingerprint density at radius 2 is 1.83 bits per heavy atom. The number of aromatic nitrogens is 2. The van der Waals surface area contributed by atoms with E-state index >= 15 is 0 Å². The molecule has 2 aromatic carbocycles. The van der Waals surface area contributed by atoms with Gasteiger partial charge in [-0.05, 0) is 24.6 Å². The molecular weight excluding hydrogens is 324 g/mol. The Kier molecular flexibility index (Phi) is 3.47. The second kappa shape index (κ2) is 5.65. The molecular formula is C19H13ClN2O2. The fourth-order valence-corrected chi connectivity index (χ4v) is 3.06. The fourth-order valence-electron chi connectivity index (χ4n) is 2.89. The van der Waals surface area contributed by atoms with Gasteiger partial charge in [-0.25, -0.2) is 0 Å². The first kappa shape index (κ1) is 14.7. The van der Waals surface area contributed by atoms with E-state index in [0.29, 0.717) is 21.9 Å². The minimum atomic E-state index is -0.236. The Hall–Kier alpha value is -2.85. The van der Waals surface area contributed by atoms with Crippen LogP contribution in [0.4, 0.5) is 0 Å². The van der Waals surface area contributed by atoms with Crippen LogP contribution in [-0.4, -0.2) is 10.1 Å². The largest absolute Gasteiger partial charge is 0.356 e. The van der Waals surface area contributed by atoms with E-state index in [1.165, 1.54) is 0 Å². The van der Waals surface area contributed by atoms with Crippen molar-refractivity contribution < 1.29 is 4.52 Å². The highest BCUT2D eigenvalue weighted by atomic mass is 35.5. The monoisotopic (exact) mass is 336 g/mol. The number of aromatic amines is 1. The summed E-state index contributed by atoms with van der Waals surface area (Å²) in [6.07, 6.45) is 0. The van der Waals surface area contributed by atoms with E-state index < -0.39 is 0 Å². The van der Waals surface area contributed by atoms with E-state index in [2.05, 4.69) is 10.1 Å². The molecule has 118 valence electrons. The highest BCUT2D eigenvalue weighted by Crippen LogP contribution is 2.35. The summed E-state index contributed by atoms with van der Waals surface area (Å²) in [6, 6.07) is 17.0. The van der Waals surface area contributed by atoms with Crippen molar-refractivity contribution in [2.75, 3.05) is 0 Å². The lowest BCUT2D eigenvalue weighted by molar-refractivity contribution is 0.427. The van der Waals surface area contributed by atoms with Crippen LogP contribution in [0.1, 0.15) is 5.69 Å². The molecule has 0 saturated heterocycles. The summed E-state index contributed by atoms with van der Waals surface area (Å²) in [5.41, 5.74) is 3.38. The molecule has 0 bridgehead atoms. The molecule has 0 saturated carbocycles. The van der Waals surface area contributed by atoms with Crippen molar-refractivity contribution in [2.45, 2.75) is 6.92 Å². The standard InChI is InChI=1S/C19H13ClN2O2/c1-11-9-16(24-22-11)18-17(12-5-3-2-4-6-12)14-8-7-13(20)10-15(14)21-19(18)23/h2-10H,1H3,(H,21,23). The molecule has 4 aromatic rings. The molecule has 0 aliphatic rings. The SMILES string of the molecule is Cc1cc(-c2c(-c3ccccc3)c3ccc(Cl)cc3[nH]c2=O)on1. The van der Waals surface area contributed by atoms with E-state index in [-0.39, 0.29) is 5.56 Å². The molecule has 0 fully saturated rings. The van der Waals surface area contributed by atoms with Gasteiger partial charge in [0.25, 0.3) is 5.56 Å². The highest BCUT2D eigenvalue weighted by Gasteiger charge is 2.19. The number of benzene rings is 2. The number of nitrogens with zero attached hydrogens (tertiary/aromatic N) is 1. The summed E-state index contributed by atoms with van der Waals surface area (Å²) in [6.45, 7) is 1.82. The molecule has 2 heterocycles. The molecule has 0 amide bonds. The Balaban J connectivity index is 2.17. The third-order valence-corrected chi connectivity index (χ3v) is 4.15. The number of fused-ring (bicyclic) bond motifs is 1. The predicted octanol–water partition coefficient (Wildman–Crippen LogP) is 4.81. The number of aryl methyl sites for hydroxylation is 1. The van der Waals surface area contributed by atoms with Crippen molar-refractivity contribution in [1.29, 1.82) is 0 Å². The number of rotatable bonds is 2. The van der Waals surface area contributed by atoms with Crippen molar-refractivity contribution in [2.24, 2.45) is 0 Å². The summed E-state index contributed by atoms with van der Waals surface area (Å²) >= 11 is 6.08. The molecule has 0 atom stereocenters. The molecule has 1 N–H and O–H groups in total. The van der Waals surface area contributed by atoms with Crippen LogP contribution in [0.25, 0.3) is 33.4 Å². The number of hydrogen-bond donors (Lipinski definition) is 1. The Morgan fingerprint density at radius 1 is 1.04 bits per heavy atom. The van der Waals surface area contributed by atoms with Crippen LogP contribution in [0, 0.1) is 6.92 Å². The zero-order chi connectivity index (χ0) is 16.7. The molecule has 4 nitrogen and oxygen atoms in total. The van der Waals surface area contributed by atoms with Crippen LogP contribution in [0.5, 0.6) is 0 Å². The van der Waals surface area contributed by atoms with E-state index in [4.69, 9.17) is 16.1 Å². The van der Waals surface area contributed by atoms with Gasteiger partial charge in [0.1, 0.15) is 0 Å². The first-order chi connectivity index (χ1) is 11.6. The van der Waals surface area contributed by atoms with Gasteiger partial charge < -0.3 is 9.51 Å². The van der Waals surface area contributed by atoms with Crippen LogP contribution in [0.2, 0.25) is 5.02 Å². The minimum absolute atomic E-state index is 0.236. The quantitative estimate of drug-likeness (QED) is 0.571. The summed E-state index contributed by atoms with van der Waals surface area (Å²) in [5, 5.41) is 5.38. The third kappa shape index (κ3) is 2.41. The van der Waals surface area contributed by atoms with Crippen molar-refractivity contribution in [3.63, 3.8) is 0 Å². The van der Waals surface area contributed by atoms with Crippen molar-refractivity contribution in [3.8, 4) is 22.5 Å². The van der Waals surface area contributed by atoms with Crippen molar-refractivity contribution in [3.05, 3.63) is 75.7 Å². The van der Waals surface area contributed by atoms with Crippen molar-refractivity contribution in [1.82, 2.24) is 10.1 Å². The maximum Gasteiger partial charge on any atom is 0.260 e. The fraction of sp³-hybridized carbons (Fsp3) is 0.0526. The minimum Gasteiger partial charge on any atom is -0.356 e. The topological polar surface area (TPSA) is 58.9 Å². The highest BCUT2D eigenvalue weighted by molar-refractivity contribution is 6.31.